The summed E-state index contributed by atoms with van der Waals surface area (Å²) in [6, 6.07) is 17.1. The molecular weight excluding hydrogens is 346 g/mol. The van der Waals surface area contributed by atoms with Crippen LogP contribution in [-0.2, 0) is 11.2 Å². The number of fused-ring (bicyclic) bond motifs is 1. The Hall–Kier alpha value is -3.35. The smallest absolute Gasteiger partial charge is 0.227 e. The number of nitrogens with zero attached hydrogens (tertiary/aromatic N) is 2. The third-order valence-electron chi connectivity index (χ3n) is 4.16. The van der Waals surface area contributed by atoms with E-state index in [2.05, 4.69) is 15.5 Å². The fraction of sp³-hybridized carbons (Fsp3) is 0.250. The molecule has 7 heteroatoms. The Morgan fingerprint density at radius 2 is 1.85 bits per heavy atom. The summed E-state index contributed by atoms with van der Waals surface area (Å²) in [4.78, 5) is 16.4. The van der Waals surface area contributed by atoms with Crippen LogP contribution < -0.4 is 14.8 Å². The minimum atomic E-state index is -0.211. The molecule has 0 fully saturated rings. The molecule has 138 valence electrons. The Balaban J connectivity index is 1.23. The summed E-state index contributed by atoms with van der Waals surface area (Å²) in [5, 5.41) is 6.81. The van der Waals surface area contributed by atoms with Crippen molar-refractivity contribution in [2.24, 2.45) is 0 Å². The molecule has 1 aromatic heterocycles. The van der Waals surface area contributed by atoms with Crippen molar-refractivity contribution in [3.05, 3.63) is 60.5 Å². The molecular formula is C20H19N3O4. The summed E-state index contributed by atoms with van der Waals surface area (Å²) in [7, 11) is 0. The minimum absolute atomic E-state index is 0.100. The number of amides is 1. The van der Waals surface area contributed by atoms with E-state index in [0.717, 1.165) is 11.3 Å². The highest BCUT2D eigenvalue weighted by molar-refractivity contribution is 5.76. The summed E-state index contributed by atoms with van der Waals surface area (Å²) < 4.78 is 16.7. The third kappa shape index (κ3) is 4.25. The van der Waals surface area contributed by atoms with Gasteiger partial charge in [0.25, 0.3) is 0 Å². The van der Waals surface area contributed by atoms with Crippen LogP contribution >= 0.6 is 0 Å². The number of carbonyl (C=O) groups excluding carboxylic acids is 1. The van der Waals surface area contributed by atoms with Crippen LogP contribution in [0.2, 0.25) is 0 Å². The molecule has 7 nitrogen and oxygen atoms in total. The highest BCUT2D eigenvalue weighted by Crippen LogP contribution is 2.30. The van der Waals surface area contributed by atoms with Gasteiger partial charge in [0, 0.05) is 18.4 Å². The summed E-state index contributed by atoms with van der Waals surface area (Å²) >= 11 is 0. The Kier molecular flexibility index (Phi) is 5.00. The molecule has 0 aliphatic carbocycles. The normalized spacial score (nSPS) is 15.3. The van der Waals surface area contributed by atoms with Gasteiger partial charge in [0.1, 0.15) is 12.7 Å². The van der Waals surface area contributed by atoms with Crippen molar-refractivity contribution in [1.29, 1.82) is 0 Å². The molecule has 2 aromatic carbocycles. The number of hydrogen-bond donors (Lipinski definition) is 1. The van der Waals surface area contributed by atoms with Crippen molar-refractivity contribution in [3.8, 4) is 22.9 Å². The number of benzene rings is 2. The summed E-state index contributed by atoms with van der Waals surface area (Å²) in [6.45, 7) is 0.785. The molecule has 27 heavy (non-hydrogen) atoms. The van der Waals surface area contributed by atoms with Crippen molar-refractivity contribution in [2.45, 2.75) is 18.9 Å². The van der Waals surface area contributed by atoms with Gasteiger partial charge in [-0.05, 0) is 12.1 Å². The van der Waals surface area contributed by atoms with Gasteiger partial charge in [-0.1, -0.05) is 47.6 Å². The molecule has 1 N–H and O–H groups in total. The van der Waals surface area contributed by atoms with Crippen LogP contribution in [0.5, 0.6) is 11.5 Å². The van der Waals surface area contributed by atoms with E-state index < -0.39 is 0 Å². The van der Waals surface area contributed by atoms with Crippen molar-refractivity contribution >= 4 is 5.91 Å². The third-order valence-corrected chi connectivity index (χ3v) is 4.16. The summed E-state index contributed by atoms with van der Waals surface area (Å²) in [5.74, 6) is 2.29. The predicted molar refractivity (Wildman–Crippen MR) is 97.4 cm³/mol. The number of aromatic nitrogens is 2. The predicted octanol–water partition coefficient (Wildman–Crippen LogP) is 2.63. The zero-order chi connectivity index (χ0) is 18.5. The van der Waals surface area contributed by atoms with E-state index in [4.69, 9.17) is 14.0 Å². The number of carbonyl (C=O) groups is 1. The maximum absolute atomic E-state index is 12.1. The fourth-order valence-electron chi connectivity index (χ4n) is 2.76. The van der Waals surface area contributed by atoms with Gasteiger partial charge < -0.3 is 19.3 Å². The van der Waals surface area contributed by atoms with Gasteiger partial charge in [0.05, 0.1) is 6.54 Å². The maximum Gasteiger partial charge on any atom is 0.227 e. The average Bonchev–Trinajstić information content (AvgIpc) is 3.20. The second kappa shape index (κ2) is 7.90. The molecule has 4 rings (SSSR count). The van der Waals surface area contributed by atoms with Crippen LogP contribution in [0.15, 0.2) is 59.1 Å². The zero-order valence-corrected chi connectivity index (χ0v) is 14.6. The molecule has 1 atom stereocenters. The first-order valence-electron chi connectivity index (χ1n) is 8.81. The second-order valence-electron chi connectivity index (χ2n) is 6.18. The molecule has 1 aliphatic rings. The SMILES string of the molecule is O=C(CCc1nc(-c2ccccc2)no1)NC[C@H]1COc2ccccc2O1. The second-order valence-corrected chi connectivity index (χ2v) is 6.18. The standard InChI is InChI=1S/C20H19N3O4/c24-18(21-12-15-13-25-16-8-4-5-9-17(16)26-15)10-11-19-22-20(23-27-19)14-6-2-1-3-7-14/h1-9,15H,10-13H2,(H,21,24)/t15-/m0/s1. The highest BCUT2D eigenvalue weighted by atomic mass is 16.6. The lowest BCUT2D eigenvalue weighted by Gasteiger charge is -2.26. The van der Waals surface area contributed by atoms with Crippen molar-refractivity contribution in [1.82, 2.24) is 15.5 Å². The largest absolute Gasteiger partial charge is 0.486 e. The van der Waals surface area contributed by atoms with E-state index in [1.54, 1.807) is 0 Å². The number of nitrogens with one attached hydrogen (secondary N) is 1. The van der Waals surface area contributed by atoms with E-state index in [9.17, 15) is 4.79 Å². The average molecular weight is 365 g/mol. The Morgan fingerprint density at radius 3 is 2.70 bits per heavy atom. The monoisotopic (exact) mass is 365 g/mol. The summed E-state index contributed by atoms with van der Waals surface area (Å²) in [5.41, 5.74) is 0.881. The first-order chi connectivity index (χ1) is 13.3. The van der Waals surface area contributed by atoms with Gasteiger partial charge in [-0.2, -0.15) is 4.98 Å². The molecule has 3 aromatic rings. The minimum Gasteiger partial charge on any atom is -0.486 e. The lowest BCUT2D eigenvalue weighted by Crippen LogP contribution is -2.40. The molecule has 0 spiro atoms. The Labute approximate surface area is 156 Å². The van der Waals surface area contributed by atoms with Gasteiger partial charge in [0.15, 0.2) is 11.5 Å². The van der Waals surface area contributed by atoms with Crippen molar-refractivity contribution < 1.29 is 18.8 Å². The van der Waals surface area contributed by atoms with Gasteiger partial charge in [-0.15, -0.1) is 0 Å². The molecule has 2 heterocycles. The van der Waals surface area contributed by atoms with Gasteiger partial charge >= 0.3 is 0 Å². The Bertz CT molecular complexity index is 910. The quantitative estimate of drug-likeness (QED) is 0.723. The lowest BCUT2D eigenvalue weighted by molar-refractivity contribution is -0.121. The number of hydrogen-bond acceptors (Lipinski definition) is 6. The maximum atomic E-state index is 12.1. The number of aryl methyl sites for hydroxylation is 1. The van der Waals surface area contributed by atoms with E-state index >= 15 is 0 Å². The van der Waals surface area contributed by atoms with Crippen LogP contribution in [0.1, 0.15) is 12.3 Å². The van der Waals surface area contributed by atoms with Crippen LogP contribution in [0.3, 0.4) is 0 Å². The van der Waals surface area contributed by atoms with Gasteiger partial charge in [-0.3, -0.25) is 4.79 Å². The van der Waals surface area contributed by atoms with Crippen molar-refractivity contribution in [3.63, 3.8) is 0 Å². The topological polar surface area (TPSA) is 86.5 Å². The van der Waals surface area contributed by atoms with E-state index in [-0.39, 0.29) is 18.4 Å². The Morgan fingerprint density at radius 1 is 1.07 bits per heavy atom. The molecule has 0 saturated heterocycles. The first kappa shape index (κ1) is 17.1. The van der Waals surface area contributed by atoms with Gasteiger partial charge in [0.2, 0.25) is 17.6 Å². The molecule has 0 saturated carbocycles. The highest BCUT2D eigenvalue weighted by Gasteiger charge is 2.21. The first-order valence-corrected chi connectivity index (χ1v) is 8.81. The molecule has 1 amide bonds. The van der Waals surface area contributed by atoms with Crippen LogP contribution in [0.25, 0.3) is 11.4 Å². The van der Waals surface area contributed by atoms with Crippen LogP contribution in [0, 0.1) is 0 Å². The lowest BCUT2D eigenvalue weighted by atomic mass is 10.2. The van der Waals surface area contributed by atoms with Crippen molar-refractivity contribution in [2.75, 3.05) is 13.2 Å². The van der Waals surface area contributed by atoms with Crippen LogP contribution in [-0.4, -0.2) is 35.3 Å². The van der Waals surface area contributed by atoms with E-state index in [0.29, 0.717) is 37.0 Å². The fourth-order valence-corrected chi connectivity index (χ4v) is 2.76. The van der Waals surface area contributed by atoms with Gasteiger partial charge in [-0.25, -0.2) is 0 Å². The molecule has 0 bridgehead atoms. The van der Waals surface area contributed by atoms with Crippen LogP contribution in [0.4, 0.5) is 0 Å². The molecule has 0 unspecified atom stereocenters. The summed E-state index contributed by atoms with van der Waals surface area (Å²) in [6.07, 6.45) is 0.439. The molecule has 1 aliphatic heterocycles. The number of ether oxygens (including phenoxy) is 2. The zero-order valence-electron chi connectivity index (χ0n) is 14.6. The van der Waals surface area contributed by atoms with E-state index in [1.165, 1.54) is 0 Å². The number of rotatable bonds is 6. The number of para-hydroxylation sites is 2. The molecule has 0 radical (unpaired) electrons. The van der Waals surface area contributed by atoms with E-state index in [1.807, 2.05) is 54.6 Å².